The van der Waals surface area contributed by atoms with Crippen LogP contribution in [0.2, 0.25) is 0 Å². The van der Waals surface area contributed by atoms with Crippen molar-refractivity contribution < 1.29 is 4.52 Å². The van der Waals surface area contributed by atoms with E-state index in [4.69, 9.17) is 10.3 Å². The SMILES string of the molecule is CC(N)c1cc(C2C3CC4CC(C3)CC2C4)no1. The Morgan fingerprint density at radius 2 is 1.78 bits per heavy atom. The van der Waals surface area contributed by atoms with Crippen molar-refractivity contribution in [1.29, 1.82) is 0 Å². The van der Waals surface area contributed by atoms with Gasteiger partial charge in [0.15, 0.2) is 5.76 Å². The van der Waals surface area contributed by atoms with Gasteiger partial charge in [-0.3, -0.25) is 0 Å². The quantitative estimate of drug-likeness (QED) is 0.871. The van der Waals surface area contributed by atoms with Crippen molar-refractivity contribution in [3.8, 4) is 0 Å². The van der Waals surface area contributed by atoms with E-state index >= 15 is 0 Å². The lowest BCUT2D eigenvalue weighted by atomic mass is 9.51. The van der Waals surface area contributed by atoms with E-state index in [0.717, 1.165) is 29.4 Å². The second-order valence-electron chi connectivity index (χ2n) is 6.90. The molecule has 3 heteroatoms. The van der Waals surface area contributed by atoms with E-state index in [1.165, 1.54) is 37.8 Å². The number of nitrogens with two attached hydrogens (primary N) is 1. The molecule has 98 valence electrons. The molecule has 1 aromatic heterocycles. The fraction of sp³-hybridized carbons (Fsp3) is 0.800. The molecular weight excluding hydrogens is 224 g/mol. The number of rotatable bonds is 2. The van der Waals surface area contributed by atoms with Gasteiger partial charge in [0.05, 0.1) is 11.7 Å². The molecule has 1 unspecified atom stereocenters. The third-order valence-electron chi connectivity index (χ3n) is 5.56. The molecule has 0 spiro atoms. The van der Waals surface area contributed by atoms with Crippen molar-refractivity contribution in [1.82, 2.24) is 5.16 Å². The fourth-order valence-electron chi connectivity index (χ4n) is 5.08. The number of hydrogen-bond acceptors (Lipinski definition) is 3. The molecule has 5 rings (SSSR count). The highest BCUT2D eigenvalue weighted by atomic mass is 16.5. The van der Waals surface area contributed by atoms with Crippen molar-refractivity contribution in [2.45, 2.75) is 51.0 Å². The normalized spacial score (nSPS) is 43.3. The van der Waals surface area contributed by atoms with Crippen LogP contribution in [0.5, 0.6) is 0 Å². The lowest BCUT2D eigenvalue weighted by molar-refractivity contribution is -0.00506. The lowest BCUT2D eigenvalue weighted by Gasteiger charge is -2.53. The molecule has 1 aromatic rings. The zero-order chi connectivity index (χ0) is 12.3. The summed E-state index contributed by atoms with van der Waals surface area (Å²) in [5.41, 5.74) is 7.06. The molecule has 1 heterocycles. The van der Waals surface area contributed by atoms with Crippen molar-refractivity contribution in [2.24, 2.45) is 29.4 Å². The summed E-state index contributed by atoms with van der Waals surface area (Å²) < 4.78 is 5.41. The van der Waals surface area contributed by atoms with Gasteiger partial charge in [-0.25, -0.2) is 0 Å². The second kappa shape index (κ2) is 3.83. The first-order valence-electron chi connectivity index (χ1n) is 7.42. The molecule has 0 amide bonds. The van der Waals surface area contributed by atoms with Gasteiger partial charge in [0.1, 0.15) is 0 Å². The van der Waals surface area contributed by atoms with Crippen LogP contribution in [0.1, 0.15) is 62.4 Å². The molecule has 0 aromatic carbocycles. The largest absolute Gasteiger partial charge is 0.359 e. The van der Waals surface area contributed by atoms with Crippen LogP contribution >= 0.6 is 0 Å². The maximum Gasteiger partial charge on any atom is 0.153 e. The van der Waals surface area contributed by atoms with Crippen molar-refractivity contribution in [2.75, 3.05) is 0 Å². The Hall–Kier alpha value is -0.830. The van der Waals surface area contributed by atoms with Crippen LogP contribution < -0.4 is 5.73 Å². The van der Waals surface area contributed by atoms with E-state index in [0.29, 0.717) is 5.92 Å². The van der Waals surface area contributed by atoms with Gasteiger partial charge >= 0.3 is 0 Å². The average molecular weight is 246 g/mol. The van der Waals surface area contributed by atoms with Crippen molar-refractivity contribution in [3.63, 3.8) is 0 Å². The van der Waals surface area contributed by atoms with Gasteiger partial charge in [-0.15, -0.1) is 0 Å². The van der Waals surface area contributed by atoms with Gasteiger partial charge in [-0.2, -0.15) is 0 Å². The van der Waals surface area contributed by atoms with Gasteiger partial charge in [0.2, 0.25) is 0 Å². The smallest absolute Gasteiger partial charge is 0.153 e. The molecule has 4 saturated carbocycles. The van der Waals surface area contributed by atoms with E-state index < -0.39 is 0 Å². The Balaban J connectivity index is 1.64. The molecule has 4 aliphatic rings. The van der Waals surface area contributed by atoms with Crippen LogP contribution in [0, 0.1) is 23.7 Å². The first-order chi connectivity index (χ1) is 8.70. The number of hydrogen-bond donors (Lipinski definition) is 1. The predicted molar refractivity (Wildman–Crippen MR) is 68.9 cm³/mol. The van der Waals surface area contributed by atoms with Crippen LogP contribution in [0.4, 0.5) is 0 Å². The highest BCUT2D eigenvalue weighted by molar-refractivity contribution is 5.18. The van der Waals surface area contributed by atoms with Crippen LogP contribution in [-0.4, -0.2) is 5.16 Å². The molecule has 0 aliphatic heterocycles. The highest BCUT2D eigenvalue weighted by Gasteiger charge is 2.49. The maximum atomic E-state index is 5.87. The van der Waals surface area contributed by atoms with E-state index in [1.54, 1.807) is 0 Å². The Labute approximate surface area is 108 Å². The van der Waals surface area contributed by atoms with Crippen LogP contribution in [-0.2, 0) is 0 Å². The summed E-state index contributed by atoms with van der Waals surface area (Å²) in [5.74, 6) is 5.28. The van der Waals surface area contributed by atoms with Gasteiger partial charge < -0.3 is 10.3 Å². The number of aromatic nitrogens is 1. The van der Waals surface area contributed by atoms with Gasteiger partial charge in [-0.05, 0) is 62.7 Å². The van der Waals surface area contributed by atoms with Crippen LogP contribution in [0.15, 0.2) is 10.6 Å². The second-order valence-corrected chi connectivity index (χ2v) is 6.90. The minimum absolute atomic E-state index is 0.0388. The van der Waals surface area contributed by atoms with Crippen molar-refractivity contribution in [3.05, 3.63) is 17.5 Å². The minimum atomic E-state index is -0.0388. The zero-order valence-corrected chi connectivity index (χ0v) is 11.0. The van der Waals surface area contributed by atoms with E-state index in [1.807, 2.05) is 6.92 Å². The highest BCUT2D eigenvalue weighted by Crippen LogP contribution is 2.59. The summed E-state index contributed by atoms with van der Waals surface area (Å²) in [4.78, 5) is 0. The van der Waals surface area contributed by atoms with Crippen LogP contribution in [0.3, 0.4) is 0 Å². The summed E-state index contributed by atoms with van der Waals surface area (Å²) in [7, 11) is 0. The van der Waals surface area contributed by atoms with Gasteiger partial charge in [0.25, 0.3) is 0 Å². The van der Waals surface area contributed by atoms with Gasteiger partial charge in [-0.1, -0.05) is 5.16 Å². The monoisotopic (exact) mass is 246 g/mol. The molecule has 4 bridgehead atoms. The molecule has 4 aliphatic carbocycles. The first kappa shape index (κ1) is 11.0. The molecule has 1 atom stereocenters. The predicted octanol–water partition coefficient (Wildman–Crippen LogP) is 3.23. The Morgan fingerprint density at radius 1 is 1.17 bits per heavy atom. The van der Waals surface area contributed by atoms with E-state index in [2.05, 4.69) is 11.2 Å². The number of nitrogens with zero attached hydrogens (tertiary/aromatic N) is 1. The Bertz CT molecular complexity index is 423. The fourth-order valence-corrected chi connectivity index (χ4v) is 5.08. The van der Waals surface area contributed by atoms with Crippen LogP contribution in [0.25, 0.3) is 0 Å². The maximum absolute atomic E-state index is 5.87. The third-order valence-corrected chi connectivity index (χ3v) is 5.56. The summed E-state index contributed by atoms with van der Waals surface area (Å²) in [6.45, 7) is 1.96. The Morgan fingerprint density at radius 3 is 2.28 bits per heavy atom. The summed E-state index contributed by atoms with van der Waals surface area (Å²) >= 11 is 0. The van der Waals surface area contributed by atoms with Gasteiger partial charge in [0, 0.05) is 12.0 Å². The van der Waals surface area contributed by atoms with Crippen molar-refractivity contribution >= 4 is 0 Å². The topological polar surface area (TPSA) is 52.0 Å². The zero-order valence-electron chi connectivity index (χ0n) is 11.0. The van der Waals surface area contributed by atoms with E-state index in [9.17, 15) is 0 Å². The average Bonchev–Trinajstić information content (AvgIpc) is 2.77. The molecule has 3 nitrogen and oxygen atoms in total. The molecule has 4 fully saturated rings. The lowest BCUT2D eigenvalue weighted by Crippen LogP contribution is -2.43. The standard InChI is InChI=1S/C15H22N2O/c1-8(16)14-7-13(17-18-14)15-11-3-9-2-10(5-11)6-12(15)4-9/h7-12,15H,2-6,16H2,1H3. The molecule has 2 N–H and O–H groups in total. The molecule has 0 radical (unpaired) electrons. The minimum Gasteiger partial charge on any atom is -0.359 e. The first-order valence-corrected chi connectivity index (χ1v) is 7.42. The summed E-state index contributed by atoms with van der Waals surface area (Å²) in [6.07, 6.45) is 7.22. The molecule has 18 heavy (non-hydrogen) atoms. The van der Waals surface area contributed by atoms with E-state index in [-0.39, 0.29) is 6.04 Å². The summed E-state index contributed by atoms with van der Waals surface area (Å²) in [5, 5.41) is 4.33. The summed E-state index contributed by atoms with van der Waals surface area (Å²) in [6, 6.07) is 2.08. The molecule has 0 saturated heterocycles. The third kappa shape index (κ3) is 1.56. The Kier molecular flexibility index (Phi) is 2.35. The molecular formula is C15H22N2O.